The molecule has 2 atom stereocenters. The van der Waals surface area contributed by atoms with Crippen LogP contribution in [0.5, 0.6) is 5.75 Å². The molecule has 200 valence electrons. The Hall–Kier alpha value is -3.49. The van der Waals surface area contributed by atoms with Crippen LogP contribution in [0.15, 0.2) is 47.4 Å². The first-order valence-electron chi connectivity index (χ1n) is 13.2. The second-order valence-electron chi connectivity index (χ2n) is 11.3. The van der Waals surface area contributed by atoms with Crippen molar-refractivity contribution in [2.24, 2.45) is 5.73 Å². The van der Waals surface area contributed by atoms with Crippen LogP contribution in [0, 0.1) is 5.82 Å². The zero-order chi connectivity index (χ0) is 27.2. The lowest BCUT2D eigenvalue weighted by Crippen LogP contribution is -2.20. The Morgan fingerprint density at radius 3 is 2.63 bits per heavy atom. The first-order valence-corrected chi connectivity index (χ1v) is 13.2. The topological polar surface area (TPSA) is 106 Å². The van der Waals surface area contributed by atoms with E-state index in [0.717, 1.165) is 12.0 Å². The summed E-state index contributed by atoms with van der Waals surface area (Å²) in [5.41, 5.74) is 9.79. The molecule has 4 N–H and O–H groups in total. The third-order valence-electron chi connectivity index (χ3n) is 7.24. The summed E-state index contributed by atoms with van der Waals surface area (Å²) in [6.07, 6.45) is 3.43. The normalized spacial score (nSPS) is 15.2. The van der Waals surface area contributed by atoms with E-state index in [9.17, 15) is 9.90 Å². The second-order valence-corrected chi connectivity index (χ2v) is 11.3. The van der Waals surface area contributed by atoms with Crippen molar-refractivity contribution in [3.8, 4) is 22.7 Å². The van der Waals surface area contributed by atoms with Crippen molar-refractivity contribution < 1.29 is 14.2 Å². The van der Waals surface area contributed by atoms with E-state index in [1.54, 1.807) is 18.3 Å². The van der Waals surface area contributed by atoms with Gasteiger partial charge in [0.25, 0.3) is 0 Å². The molecule has 1 aliphatic rings. The summed E-state index contributed by atoms with van der Waals surface area (Å²) in [6, 6.07) is 11.2. The maximum atomic E-state index is 15.7. The van der Waals surface area contributed by atoms with Gasteiger partial charge < -0.3 is 20.6 Å². The molecular weight excluding hydrogens is 483 g/mol. The minimum atomic E-state index is -0.787. The molecule has 8 heteroatoms. The van der Waals surface area contributed by atoms with Gasteiger partial charge >= 0.3 is 5.69 Å². The Morgan fingerprint density at radius 1 is 1.21 bits per heavy atom. The molecule has 0 saturated carbocycles. The van der Waals surface area contributed by atoms with E-state index in [1.165, 1.54) is 4.57 Å². The largest absolute Gasteiger partial charge is 0.490 e. The van der Waals surface area contributed by atoms with Gasteiger partial charge in [0.15, 0.2) is 11.6 Å². The average Bonchev–Trinajstić information content (AvgIpc) is 3.29. The van der Waals surface area contributed by atoms with Crippen LogP contribution < -0.4 is 16.2 Å². The highest BCUT2D eigenvalue weighted by Crippen LogP contribution is 2.41. The molecule has 1 aliphatic heterocycles. The summed E-state index contributed by atoms with van der Waals surface area (Å²) < 4.78 is 23.0. The number of hydrogen-bond donors (Lipinski definition) is 3. The molecule has 0 aliphatic carbocycles. The molecule has 3 heterocycles. The van der Waals surface area contributed by atoms with Crippen LogP contribution in [0.4, 0.5) is 4.39 Å². The highest BCUT2D eigenvalue weighted by atomic mass is 19.1. The van der Waals surface area contributed by atoms with Crippen molar-refractivity contribution in [2.75, 3.05) is 6.61 Å². The number of fused-ring (bicyclic) bond motifs is 2. The summed E-state index contributed by atoms with van der Waals surface area (Å²) in [6.45, 7) is 8.73. The number of nitrogens with one attached hydrogen (secondary N) is 1. The number of aromatic nitrogens is 3. The monoisotopic (exact) mass is 518 g/mol. The maximum Gasteiger partial charge on any atom is 0.354 e. The highest BCUT2D eigenvalue weighted by molar-refractivity contribution is 5.83. The number of aliphatic hydroxyl groups excluding tert-OH is 1. The summed E-state index contributed by atoms with van der Waals surface area (Å²) >= 11 is 0. The number of aromatic amines is 1. The van der Waals surface area contributed by atoms with Crippen LogP contribution in [0.25, 0.3) is 28.0 Å². The van der Waals surface area contributed by atoms with Gasteiger partial charge in [-0.2, -0.15) is 4.98 Å². The molecule has 4 aromatic rings. The van der Waals surface area contributed by atoms with Crippen LogP contribution in [-0.4, -0.2) is 32.3 Å². The Labute approximate surface area is 221 Å². The lowest BCUT2D eigenvalue weighted by molar-refractivity contribution is 0.159. The molecule has 5 rings (SSSR count). The van der Waals surface area contributed by atoms with Gasteiger partial charge in [-0.1, -0.05) is 32.9 Å². The molecule has 0 fully saturated rings. The number of nitrogens with two attached hydrogens (primary N) is 1. The zero-order valence-corrected chi connectivity index (χ0v) is 22.3. The molecule has 0 saturated heterocycles. The smallest absolute Gasteiger partial charge is 0.354 e. The summed E-state index contributed by atoms with van der Waals surface area (Å²) in [7, 11) is 0. The fraction of sp³-hybridized carbons (Fsp3) is 0.400. The molecule has 0 bridgehead atoms. The lowest BCUT2D eigenvalue weighted by Gasteiger charge is -2.25. The number of rotatable bonds is 6. The van der Waals surface area contributed by atoms with Crippen LogP contribution in [0.1, 0.15) is 69.8 Å². The SMILES string of the molecule is C[C@H](N)CCC(O)c1cc(-c2cc3cn(-c4ccc(C(C)(C)C)cc4)c(=O)nc3[nH]2)c(F)c2c1CCCO2. The predicted octanol–water partition coefficient (Wildman–Crippen LogP) is 5.30. The summed E-state index contributed by atoms with van der Waals surface area (Å²) in [4.78, 5) is 20.2. The van der Waals surface area contributed by atoms with Gasteiger partial charge in [-0.15, -0.1) is 0 Å². The number of halogens is 1. The van der Waals surface area contributed by atoms with E-state index < -0.39 is 17.6 Å². The standard InChI is InChI=1S/C30H35FN4O3/c1-17(32)7-12-25(36)22-15-23(26(31)27-21(22)6-5-13-38-27)24-14-18-16-35(29(37)34-28(18)33-24)20-10-8-19(9-11-20)30(2,3)4/h8-11,14-17,25,36H,5-7,12-13,32H2,1-4H3,(H,33,34,37)/t17-,25?/m0/s1. The van der Waals surface area contributed by atoms with Gasteiger partial charge in [-0.05, 0) is 73.4 Å². The zero-order valence-electron chi connectivity index (χ0n) is 22.3. The molecule has 7 nitrogen and oxygen atoms in total. The number of H-pyrrole nitrogens is 1. The van der Waals surface area contributed by atoms with Crippen molar-refractivity contribution in [1.29, 1.82) is 0 Å². The van der Waals surface area contributed by atoms with Crippen molar-refractivity contribution in [1.82, 2.24) is 14.5 Å². The molecule has 0 radical (unpaired) electrons. The third-order valence-corrected chi connectivity index (χ3v) is 7.24. The lowest BCUT2D eigenvalue weighted by atomic mass is 9.87. The van der Waals surface area contributed by atoms with E-state index in [-0.39, 0.29) is 22.8 Å². The third kappa shape index (κ3) is 4.98. The van der Waals surface area contributed by atoms with E-state index in [4.69, 9.17) is 10.5 Å². The fourth-order valence-corrected chi connectivity index (χ4v) is 5.04. The molecule has 2 aromatic carbocycles. The van der Waals surface area contributed by atoms with Gasteiger partial charge in [-0.25, -0.2) is 9.18 Å². The fourth-order valence-electron chi connectivity index (χ4n) is 5.04. The first-order chi connectivity index (χ1) is 18.0. The van der Waals surface area contributed by atoms with Gasteiger partial charge in [0.05, 0.1) is 24.1 Å². The highest BCUT2D eigenvalue weighted by Gasteiger charge is 2.27. The van der Waals surface area contributed by atoms with Gasteiger partial charge in [-0.3, -0.25) is 4.57 Å². The number of aliphatic hydroxyl groups is 1. The Balaban J connectivity index is 1.57. The van der Waals surface area contributed by atoms with E-state index in [1.807, 2.05) is 31.2 Å². The maximum absolute atomic E-state index is 15.7. The summed E-state index contributed by atoms with van der Waals surface area (Å²) in [5, 5.41) is 11.7. The Morgan fingerprint density at radius 2 is 1.95 bits per heavy atom. The second kappa shape index (κ2) is 10.0. The molecular formula is C30H35FN4O3. The molecule has 1 unspecified atom stereocenters. The predicted molar refractivity (Wildman–Crippen MR) is 147 cm³/mol. The van der Waals surface area contributed by atoms with Crippen LogP contribution >= 0.6 is 0 Å². The Kier molecular flexibility index (Phi) is 6.88. The minimum absolute atomic E-state index is 0.00110. The number of benzene rings is 2. The van der Waals surface area contributed by atoms with Crippen molar-refractivity contribution in [2.45, 2.75) is 70.9 Å². The quantitative estimate of drug-likeness (QED) is 0.321. The van der Waals surface area contributed by atoms with E-state index in [0.29, 0.717) is 59.4 Å². The number of ether oxygens (including phenoxy) is 1. The van der Waals surface area contributed by atoms with Crippen molar-refractivity contribution in [3.63, 3.8) is 0 Å². The van der Waals surface area contributed by atoms with Crippen molar-refractivity contribution in [3.05, 3.63) is 75.6 Å². The van der Waals surface area contributed by atoms with Crippen LogP contribution in [-0.2, 0) is 11.8 Å². The first kappa shape index (κ1) is 26.1. The van der Waals surface area contributed by atoms with Gasteiger partial charge in [0.2, 0.25) is 0 Å². The van der Waals surface area contributed by atoms with Gasteiger partial charge in [0, 0.05) is 28.8 Å². The van der Waals surface area contributed by atoms with Gasteiger partial charge in [0.1, 0.15) is 5.65 Å². The number of nitrogens with zero attached hydrogens (tertiary/aromatic N) is 2. The number of hydrogen-bond acceptors (Lipinski definition) is 5. The molecule has 38 heavy (non-hydrogen) atoms. The van der Waals surface area contributed by atoms with E-state index >= 15 is 4.39 Å². The Bertz CT molecular complexity index is 1530. The minimum Gasteiger partial charge on any atom is -0.490 e. The van der Waals surface area contributed by atoms with Crippen LogP contribution in [0.3, 0.4) is 0 Å². The molecule has 2 aromatic heterocycles. The summed E-state index contributed by atoms with van der Waals surface area (Å²) in [5.74, 6) is -0.295. The van der Waals surface area contributed by atoms with E-state index in [2.05, 4.69) is 30.7 Å². The molecule has 0 spiro atoms. The molecule has 0 amide bonds. The van der Waals surface area contributed by atoms with Crippen LogP contribution in [0.2, 0.25) is 0 Å². The van der Waals surface area contributed by atoms with Crippen molar-refractivity contribution >= 4 is 11.0 Å². The average molecular weight is 519 g/mol.